The summed E-state index contributed by atoms with van der Waals surface area (Å²) < 4.78 is 4.99. The first-order valence-corrected chi connectivity index (χ1v) is 8.54. The van der Waals surface area contributed by atoms with Crippen LogP contribution in [0.1, 0.15) is 35.8 Å². The number of amides is 1. The van der Waals surface area contributed by atoms with Crippen LogP contribution >= 0.6 is 11.6 Å². The summed E-state index contributed by atoms with van der Waals surface area (Å²) in [5.41, 5.74) is 2.97. The maximum absolute atomic E-state index is 12.2. The molecule has 0 aliphatic carbocycles. The van der Waals surface area contributed by atoms with Crippen molar-refractivity contribution in [1.29, 1.82) is 0 Å². The summed E-state index contributed by atoms with van der Waals surface area (Å²) in [6.45, 7) is 0.888. The first-order chi connectivity index (χ1) is 11.7. The normalized spacial score (nSPS) is 17.2. The molecule has 1 fully saturated rings. The fraction of sp³-hybridized carbons (Fsp3) is 0.368. The van der Waals surface area contributed by atoms with Gasteiger partial charge in [-0.3, -0.25) is 9.78 Å². The molecule has 0 radical (unpaired) electrons. The number of nitrogens with zero attached hydrogens (tertiary/aromatic N) is 2. The van der Waals surface area contributed by atoms with Gasteiger partial charge in [0.15, 0.2) is 0 Å². The van der Waals surface area contributed by atoms with Crippen LogP contribution in [0.4, 0.5) is 0 Å². The van der Waals surface area contributed by atoms with Gasteiger partial charge in [0, 0.05) is 30.8 Å². The van der Waals surface area contributed by atoms with Gasteiger partial charge in [0.2, 0.25) is 5.91 Å². The van der Waals surface area contributed by atoms with Crippen LogP contribution in [0.25, 0.3) is 0 Å². The van der Waals surface area contributed by atoms with Crippen LogP contribution < -0.4 is 0 Å². The van der Waals surface area contributed by atoms with Crippen molar-refractivity contribution in [2.75, 3.05) is 20.3 Å². The summed E-state index contributed by atoms with van der Waals surface area (Å²) >= 11 is 6.25. The van der Waals surface area contributed by atoms with E-state index in [9.17, 15) is 4.79 Å². The third-order valence-electron chi connectivity index (χ3n) is 4.34. The van der Waals surface area contributed by atoms with Crippen LogP contribution in [-0.4, -0.2) is 36.1 Å². The predicted molar refractivity (Wildman–Crippen MR) is 94.1 cm³/mol. The van der Waals surface area contributed by atoms with Crippen LogP contribution in [0.5, 0.6) is 0 Å². The Morgan fingerprint density at radius 2 is 2.12 bits per heavy atom. The van der Waals surface area contributed by atoms with Gasteiger partial charge in [-0.1, -0.05) is 35.9 Å². The lowest BCUT2D eigenvalue weighted by Crippen LogP contribution is -2.33. The van der Waals surface area contributed by atoms with Crippen molar-refractivity contribution in [2.45, 2.75) is 25.3 Å². The average molecular weight is 345 g/mol. The highest BCUT2D eigenvalue weighted by Gasteiger charge is 2.30. The first-order valence-electron chi connectivity index (χ1n) is 8.16. The molecule has 1 amide bonds. The van der Waals surface area contributed by atoms with Crippen molar-refractivity contribution in [3.05, 3.63) is 64.4 Å². The minimum atomic E-state index is 0.0262. The van der Waals surface area contributed by atoms with E-state index in [0.29, 0.717) is 6.42 Å². The second-order valence-electron chi connectivity index (χ2n) is 6.00. The summed E-state index contributed by atoms with van der Waals surface area (Å²) in [5.74, 6) is 0.0262. The number of aromatic nitrogens is 1. The fourth-order valence-corrected chi connectivity index (χ4v) is 3.40. The van der Waals surface area contributed by atoms with E-state index in [1.54, 1.807) is 7.11 Å². The van der Waals surface area contributed by atoms with Crippen molar-refractivity contribution in [1.82, 2.24) is 9.88 Å². The van der Waals surface area contributed by atoms with Crippen LogP contribution in [0.2, 0.25) is 5.02 Å². The maximum atomic E-state index is 12.2. The van der Waals surface area contributed by atoms with Gasteiger partial charge in [-0.25, -0.2) is 0 Å². The van der Waals surface area contributed by atoms with Gasteiger partial charge >= 0.3 is 0 Å². The van der Waals surface area contributed by atoms with Gasteiger partial charge in [-0.15, -0.1) is 0 Å². The molecule has 2 aromatic rings. The Morgan fingerprint density at radius 3 is 2.92 bits per heavy atom. The summed E-state index contributed by atoms with van der Waals surface area (Å²) in [4.78, 5) is 18.9. The van der Waals surface area contributed by atoms with Crippen LogP contribution in [0.15, 0.2) is 42.5 Å². The van der Waals surface area contributed by atoms with E-state index in [-0.39, 0.29) is 18.6 Å². The van der Waals surface area contributed by atoms with E-state index in [1.165, 1.54) is 0 Å². The third kappa shape index (κ3) is 3.77. The lowest BCUT2D eigenvalue weighted by molar-refractivity contribution is -0.136. The Kier molecular flexibility index (Phi) is 5.48. The zero-order valence-corrected chi connectivity index (χ0v) is 14.5. The highest BCUT2D eigenvalue weighted by atomic mass is 35.5. The molecule has 1 atom stereocenters. The van der Waals surface area contributed by atoms with Gasteiger partial charge < -0.3 is 9.64 Å². The highest BCUT2D eigenvalue weighted by molar-refractivity contribution is 6.31. The van der Waals surface area contributed by atoms with Gasteiger partial charge in [-0.05, 0) is 36.6 Å². The van der Waals surface area contributed by atoms with E-state index in [4.69, 9.17) is 21.3 Å². The molecule has 1 aromatic carbocycles. The van der Waals surface area contributed by atoms with E-state index >= 15 is 0 Å². The Balaban J connectivity index is 1.80. The maximum Gasteiger partial charge on any atom is 0.249 e. The van der Waals surface area contributed by atoms with Crippen molar-refractivity contribution in [3.8, 4) is 0 Å². The molecule has 1 saturated heterocycles. The second-order valence-corrected chi connectivity index (χ2v) is 6.41. The smallest absolute Gasteiger partial charge is 0.249 e. The van der Waals surface area contributed by atoms with Gasteiger partial charge in [0.1, 0.15) is 6.61 Å². The summed E-state index contributed by atoms with van der Waals surface area (Å²) in [6.07, 6.45) is 2.63. The number of methoxy groups -OCH3 is 1. The summed E-state index contributed by atoms with van der Waals surface area (Å²) in [7, 11) is 1.55. The third-order valence-corrected chi connectivity index (χ3v) is 4.71. The van der Waals surface area contributed by atoms with Crippen molar-refractivity contribution in [2.24, 2.45) is 0 Å². The average Bonchev–Trinajstić information content (AvgIpc) is 3.07. The van der Waals surface area contributed by atoms with E-state index in [0.717, 1.165) is 41.4 Å². The number of hydrogen-bond acceptors (Lipinski definition) is 3. The zero-order valence-electron chi connectivity index (χ0n) is 13.7. The molecular weight excluding hydrogens is 324 g/mol. The number of carbonyl (C=O) groups excluding carboxylic acids is 1. The van der Waals surface area contributed by atoms with Crippen molar-refractivity contribution in [3.63, 3.8) is 0 Å². The number of likely N-dealkylation sites (tertiary alicyclic amines) is 1. The molecule has 24 heavy (non-hydrogen) atoms. The van der Waals surface area contributed by atoms with Crippen LogP contribution in [-0.2, 0) is 16.0 Å². The Morgan fingerprint density at radius 1 is 1.29 bits per heavy atom. The molecule has 0 saturated carbocycles. The molecule has 1 aliphatic rings. The molecule has 1 aromatic heterocycles. The predicted octanol–water partition coefficient (Wildman–Crippen LogP) is 3.64. The molecule has 1 aliphatic heterocycles. The second kappa shape index (κ2) is 7.77. The molecule has 5 heteroatoms. The molecule has 0 bridgehead atoms. The Bertz CT molecular complexity index is 720. The molecular formula is C19H21ClN2O2. The number of pyridine rings is 1. The largest absolute Gasteiger partial charge is 0.375 e. The van der Waals surface area contributed by atoms with Crippen LogP contribution in [0, 0.1) is 0 Å². The number of halogens is 1. The first kappa shape index (κ1) is 16.9. The molecule has 0 unspecified atom stereocenters. The van der Waals surface area contributed by atoms with Crippen molar-refractivity contribution < 1.29 is 9.53 Å². The lowest BCUT2D eigenvalue weighted by atomic mass is 10.1. The van der Waals surface area contributed by atoms with Gasteiger partial charge in [0.25, 0.3) is 0 Å². The SMILES string of the molecule is COCC(=O)N1CCC[C@@H]1c1cccc(Cc2ccccc2Cl)n1. The Labute approximate surface area is 147 Å². The van der Waals surface area contributed by atoms with Gasteiger partial charge in [0.05, 0.1) is 11.7 Å². The number of benzene rings is 1. The van der Waals surface area contributed by atoms with E-state index < -0.39 is 0 Å². The number of carbonyl (C=O) groups is 1. The molecule has 4 nitrogen and oxygen atoms in total. The molecule has 2 heterocycles. The highest BCUT2D eigenvalue weighted by Crippen LogP contribution is 2.31. The molecule has 126 valence electrons. The van der Waals surface area contributed by atoms with Crippen molar-refractivity contribution >= 4 is 17.5 Å². The molecule has 0 spiro atoms. The monoisotopic (exact) mass is 344 g/mol. The summed E-state index contributed by atoms with van der Waals surface area (Å²) in [5, 5.41) is 0.752. The standard InChI is InChI=1S/C19H21ClN2O2/c1-24-13-19(23)22-11-5-10-18(22)17-9-4-7-15(21-17)12-14-6-2-3-8-16(14)20/h2-4,6-9,18H,5,10-13H2,1H3/t18-/m1/s1. The fourth-order valence-electron chi connectivity index (χ4n) is 3.20. The Hall–Kier alpha value is -1.91. The minimum absolute atomic E-state index is 0.0262. The zero-order chi connectivity index (χ0) is 16.9. The van der Waals surface area contributed by atoms with E-state index in [1.807, 2.05) is 47.4 Å². The lowest BCUT2D eigenvalue weighted by Gasteiger charge is -2.24. The molecule has 0 N–H and O–H groups in total. The number of hydrogen-bond donors (Lipinski definition) is 0. The van der Waals surface area contributed by atoms with Crippen LogP contribution in [0.3, 0.4) is 0 Å². The number of rotatable bonds is 5. The quantitative estimate of drug-likeness (QED) is 0.831. The topological polar surface area (TPSA) is 42.4 Å². The molecule has 3 rings (SSSR count). The number of ether oxygens (including phenoxy) is 1. The minimum Gasteiger partial charge on any atom is -0.375 e. The van der Waals surface area contributed by atoms with Gasteiger partial charge in [-0.2, -0.15) is 0 Å². The van der Waals surface area contributed by atoms with E-state index in [2.05, 4.69) is 0 Å². The summed E-state index contributed by atoms with van der Waals surface area (Å²) in [6, 6.07) is 13.9.